The second-order valence-corrected chi connectivity index (χ2v) is 7.55. The van der Waals surface area contributed by atoms with Gasteiger partial charge in [-0.1, -0.05) is 32.0 Å². The van der Waals surface area contributed by atoms with Crippen molar-refractivity contribution in [3.05, 3.63) is 36.8 Å². The lowest BCUT2D eigenvalue weighted by Crippen LogP contribution is -2.34. The van der Waals surface area contributed by atoms with Crippen molar-refractivity contribution in [3.8, 4) is 0 Å². The number of fused-ring (bicyclic) bond motifs is 3. The molecule has 5 nitrogen and oxygen atoms in total. The van der Waals surface area contributed by atoms with Crippen LogP contribution in [0.5, 0.6) is 0 Å². The van der Waals surface area contributed by atoms with Crippen LogP contribution in [-0.2, 0) is 16.0 Å². The standard InChI is InChI=1S/C19H23N3O2/c1-18(2,11-19(3)23-8-9-24-19)12-22-13-21-16-10-20-15-7-5-4-6-14(15)17(16)22/h4-7,10,13H,8-9,11-12H2,1-3H3. The maximum atomic E-state index is 5.80. The highest BCUT2D eigenvalue weighted by Gasteiger charge is 2.37. The second-order valence-electron chi connectivity index (χ2n) is 7.55. The molecule has 5 heteroatoms. The molecule has 24 heavy (non-hydrogen) atoms. The normalized spacial score (nSPS) is 17.8. The van der Waals surface area contributed by atoms with Crippen LogP contribution in [0.3, 0.4) is 0 Å². The molecule has 0 amide bonds. The largest absolute Gasteiger partial charge is 0.348 e. The maximum Gasteiger partial charge on any atom is 0.166 e. The second kappa shape index (κ2) is 5.53. The molecule has 3 aromatic rings. The van der Waals surface area contributed by atoms with Gasteiger partial charge in [0.2, 0.25) is 0 Å². The van der Waals surface area contributed by atoms with Crippen molar-refractivity contribution in [1.29, 1.82) is 0 Å². The zero-order chi connectivity index (χ0) is 16.8. The number of para-hydroxylation sites is 1. The maximum absolute atomic E-state index is 5.80. The summed E-state index contributed by atoms with van der Waals surface area (Å²) in [5.41, 5.74) is 3.09. The molecule has 1 fully saturated rings. The number of hydrogen-bond donors (Lipinski definition) is 0. The number of aromatic nitrogens is 3. The molecular formula is C19H23N3O2. The predicted molar refractivity (Wildman–Crippen MR) is 93.7 cm³/mol. The van der Waals surface area contributed by atoms with Gasteiger partial charge in [0.1, 0.15) is 5.52 Å². The SMILES string of the molecule is CC(C)(Cn1cnc2cnc3ccccc3c21)CC1(C)OCCO1. The van der Waals surface area contributed by atoms with Crippen molar-refractivity contribution in [2.24, 2.45) is 5.41 Å². The van der Waals surface area contributed by atoms with Gasteiger partial charge in [0, 0.05) is 18.4 Å². The van der Waals surface area contributed by atoms with Gasteiger partial charge in [-0.3, -0.25) is 4.98 Å². The van der Waals surface area contributed by atoms with Crippen LogP contribution < -0.4 is 0 Å². The minimum Gasteiger partial charge on any atom is -0.348 e. The summed E-state index contributed by atoms with van der Waals surface area (Å²) in [5.74, 6) is -0.483. The topological polar surface area (TPSA) is 49.2 Å². The molecule has 1 aromatic carbocycles. The van der Waals surface area contributed by atoms with Gasteiger partial charge in [-0.25, -0.2) is 4.98 Å². The molecule has 0 bridgehead atoms. The number of ether oxygens (including phenoxy) is 2. The Bertz CT molecular complexity index is 879. The molecule has 0 aliphatic carbocycles. The van der Waals surface area contributed by atoms with Crippen molar-refractivity contribution >= 4 is 21.9 Å². The molecule has 0 radical (unpaired) electrons. The number of rotatable bonds is 4. The Balaban J connectivity index is 1.70. The zero-order valence-electron chi connectivity index (χ0n) is 14.5. The van der Waals surface area contributed by atoms with Crippen molar-refractivity contribution in [3.63, 3.8) is 0 Å². The summed E-state index contributed by atoms with van der Waals surface area (Å²) in [6.45, 7) is 8.73. The van der Waals surface area contributed by atoms with Crippen LogP contribution >= 0.6 is 0 Å². The summed E-state index contributed by atoms with van der Waals surface area (Å²) in [4.78, 5) is 9.04. The van der Waals surface area contributed by atoms with E-state index in [4.69, 9.17) is 9.47 Å². The third kappa shape index (κ3) is 2.78. The summed E-state index contributed by atoms with van der Waals surface area (Å²) in [6, 6.07) is 8.22. The molecule has 2 aromatic heterocycles. The molecule has 4 rings (SSSR count). The summed E-state index contributed by atoms with van der Waals surface area (Å²) in [6.07, 6.45) is 4.60. The Morgan fingerprint density at radius 3 is 2.67 bits per heavy atom. The third-order valence-corrected chi connectivity index (χ3v) is 4.65. The molecule has 1 aliphatic heterocycles. The fourth-order valence-corrected chi connectivity index (χ4v) is 3.87. The van der Waals surface area contributed by atoms with Crippen LogP contribution in [-0.4, -0.2) is 33.5 Å². The summed E-state index contributed by atoms with van der Waals surface area (Å²) in [7, 11) is 0. The lowest BCUT2D eigenvalue weighted by molar-refractivity contribution is -0.164. The van der Waals surface area contributed by atoms with E-state index in [1.54, 1.807) is 0 Å². The van der Waals surface area contributed by atoms with Gasteiger partial charge in [0.15, 0.2) is 5.79 Å². The van der Waals surface area contributed by atoms with Gasteiger partial charge in [0.05, 0.1) is 36.8 Å². The fourth-order valence-electron chi connectivity index (χ4n) is 3.87. The van der Waals surface area contributed by atoms with Crippen LogP contribution in [0.15, 0.2) is 36.8 Å². The van der Waals surface area contributed by atoms with E-state index >= 15 is 0 Å². The highest BCUT2D eigenvalue weighted by molar-refractivity contribution is 6.01. The van der Waals surface area contributed by atoms with Gasteiger partial charge in [0.25, 0.3) is 0 Å². The molecule has 3 heterocycles. The Morgan fingerprint density at radius 1 is 1.12 bits per heavy atom. The number of benzene rings is 1. The first-order valence-electron chi connectivity index (χ1n) is 8.42. The number of nitrogens with zero attached hydrogens (tertiary/aromatic N) is 3. The van der Waals surface area contributed by atoms with Crippen LogP contribution in [0.25, 0.3) is 21.9 Å². The lowest BCUT2D eigenvalue weighted by Gasteiger charge is -2.33. The molecule has 126 valence electrons. The van der Waals surface area contributed by atoms with E-state index in [1.807, 2.05) is 37.6 Å². The van der Waals surface area contributed by atoms with Crippen molar-refractivity contribution in [2.75, 3.05) is 13.2 Å². The van der Waals surface area contributed by atoms with E-state index in [0.717, 1.165) is 34.9 Å². The Labute approximate surface area is 141 Å². The fraction of sp³-hybridized carbons (Fsp3) is 0.474. The van der Waals surface area contributed by atoms with Gasteiger partial charge >= 0.3 is 0 Å². The van der Waals surface area contributed by atoms with Crippen molar-refractivity contribution < 1.29 is 9.47 Å². The summed E-state index contributed by atoms with van der Waals surface area (Å²) in [5, 5.41) is 1.14. The van der Waals surface area contributed by atoms with E-state index in [-0.39, 0.29) is 5.41 Å². The lowest BCUT2D eigenvalue weighted by atomic mass is 9.85. The number of imidazole rings is 1. The summed E-state index contributed by atoms with van der Waals surface area (Å²) >= 11 is 0. The summed E-state index contributed by atoms with van der Waals surface area (Å²) < 4.78 is 13.8. The van der Waals surface area contributed by atoms with E-state index in [1.165, 1.54) is 0 Å². The Kier molecular flexibility index (Phi) is 3.58. The molecule has 1 saturated heterocycles. The van der Waals surface area contributed by atoms with Crippen LogP contribution in [0.1, 0.15) is 27.2 Å². The zero-order valence-corrected chi connectivity index (χ0v) is 14.5. The monoisotopic (exact) mass is 325 g/mol. The molecule has 1 aliphatic rings. The molecule has 0 spiro atoms. The van der Waals surface area contributed by atoms with E-state index in [2.05, 4.69) is 34.4 Å². The van der Waals surface area contributed by atoms with E-state index in [9.17, 15) is 0 Å². The highest BCUT2D eigenvalue weighted by Crippen LogP contribution is 2.36. The van der Waals surface area contributed by atoms with E-state index in [0.29, 0.717) is 13.2 Å². The highest BCUT2D eigenvalue weighted by atomic mass is 16.7. The average molecular weight is 325 g/mol. The number of pyridine rings is 1. The smallest absolute Gasteiger partial charge is 0.166 e. The number of hydrogen-bond acceptors (Lipinski definition) is 4. The van der Waals surface area contributed by atoms with Gasteiger partial charge in [-0.05, 0) is 18.4 Å². The first-order chi connectivity index (χ1) is 11.5. The van der Waals surface area contributed by atoms with Crippen molar-refractivity contribution in [1.82, 2.24) is 14.5 Å². The molecule has 0 saturated carbocycles. The van der Waals surface area contributed by atoms with Crippen LogP contribution in [0, 0.1) is 5.41 Å². The average Bonchev–Trinajstić information content (AvgIpc) is 3.13. The van der Waals surface area contributed by atoms with Gasteiger partial charge in [-0.2, -0.15) is 0 Å². The third-order valence-electron chi connectivity index (χ3n) is 4.65. The first kappa shape index (κ1) is 15.5. The molecule has 0 unspecified atom stereocenters. The first-order valence-corrected chi connectivity index (χ1v) is 8.42. The van der Waals surface area contributed by atoms with E-state index < -0.39 is 5.79 Å². The molecule has 0 N–H and O–H groups in total. The van der Waals surface area contributed by atoms with Gasteiger partial charge < -0.3 is 14.0 Å². The molecular weight excluding hydrogens is 302 g/mol. The Hall–Kier alpha value is -1.98. The van der Waals surface area contributed by atoms with Gasteiger partial charge in [-0.15, -0.1) is 0 Å². The minimum atomic E-state index is -0.483. The minimum absolute atomic E-state index is 0.0110. The quantitative estimate of drug-likeness (QED) is 0.733. The van der Waals surface area contributed by atoms with Crippen LogP contribution in [0.2, 0.25) is 0 Å². The predicted octanol–water partition coefficient (Wildman–Crippen LogP) is 3.76. The van der Waals surface area contributed by atoms with Crippen molar-refractivity contribution in [2.45, 2.75) is 39.5 Å². The van der Waals surface area contributed by atoms with Crippen LogP contribution in [0.4, 0.5) is 0 Å². The Morgan fingerprint density at radius 2 is 1.88 bits per heavy atom. The molecule has 0 atom stereocenters.